The molecule has 2 amide bonds. The standard InChI is InChI=1S/C28H27BrN2O5/c1-4-34-25-17-20(15-23-27(32)30-31(28(23)33)21-8-6-5-7-9-21)16-24(29)26(25)36-13-12-35-22-11-10-18(2)19(3)14-22/h5-11,14-17H,4,12-13H2,1-3H3,(H,30,32). The summed E-state index contributed by atoms with van der Waals surface area (Å²) in [6, 6.07) is 18.4. The van der Waals surface area contributed by atoms with Gasteiger partial charge in [-0.3, -0.25) is 15.0 Å². The van der Waals surface area contributed by atoms with E-state index in [1.165, 1.54) is 16.1 Å². The lowest BCUT2D eigenvalue weighted by molar-refractivity contribution is -0.117. The second-order valence-corrected chi connectivity index (χ2v) is 9.04. The van der Waals surface area contributed by atoms with Crippen LogP contribution in [0.1, 0.15) is 23.6 Å². The highest BCUT2D eigenvalue weighted by molar-refractivity contribution is 9.10. The van der Waals surface area contributed by atoms with E-state index in [1.807, 2.05) is 38.1 Å². The number of carbonyl (C=O) groups is 2. The van der Waals surface area contributed by atoms with Crippen molar-refractivity contribution in [1.82, 2.24) is 5.43 Å². The van der Waals surface area contributed by atoms with E-state index < -0.39 is 11.8 Å². The molecule has 36 heavy (non-hydrogen) atoms. The summed E-state index contributed by atoms with van der Waals surface area (Å²) in [5, 5.41) is 1.24. The normalized spacial score (nSPS) is 14.2. The van der Waals surface area contributed by atoms with Crippen LogP contribution in [0, 0.1) is 13.8 Å². The van der Waals surface area contributed by atoms with Crippen LogP contribution >= 0.6 is 15.9 Å². The number of anilines is 1. The van der Waals surface area contributed by atoms with Gasteiger partial charge in [0.15, 0.2) is 11.5 Å². The van der Waals surface area contributed by atoms with Crippen molar-refractivity contribution < 1.29 is 23.8 Å². The minimum atomic E-state index is -0.471. The molecule has 4 rings (SSSR count). The number of benzene rings is 3. The fraction of sp³-hybridized carbons (Fsp3) is 0.214. The van der Waals surface area contributed by atoms with Crippen molar-refractivity contribution in [2.75, 3.05) is 24.8 Å². The zero-order valence-corrected chi connectivity index (χ0v) is 21.9. The second-order valence-electron chi connectivity index (χ2n) is 8.18. The van der Waals surface area contributed by atoms with E-state index in [1.54, 1.807) is 42.5 Å². The van der Waals surface area contributed by atoms with Gasteiger partial charge in [-0.25, -0.2) is 5.01 Å². The fourth-order valence-corrected chi connectivity index (χ4v) is 4.24. The minimum Gasteiger partial charge on any atom is -0.490 e. The van der Waals surface area contributed by atoms with Crippen LogP contribution in [0.3, 0.4) is 0 Å². The van der Waals surface area contributed by atoms with Crippen LogP contribution in [0.25, 0.3) is 6.08 Å². The summed E-state index contributed by atoms with van der Waals surface area (Å²) in [5.41, 5.74) is 6.22. The van der Waals surface area contributed by atoms with Crippen LogP contribution in [0.5, 0.6) is 17.2 Å². The number of hydrogen-bond donors (Lipinski definition) is 1. The van der Waals surface area contributed by atoms with Gasteiger partial charge in [0.2, 0.25) is 0 Å². The van der Waals surface area contributed by atoms with Crippen molar-refractivity contribution in [2.45, 2.75) is 20.8 Å². The number of halogens is 1. The number of rotatable bonds is 9. The number of para-hydroxylation sites is 1. The van der Waals surface area contributed by atoms with Crippen LogP contribution < -0.4 is 24.6 Å². The van der Waals surface area contributed by atoms with Gasteiger partial charge in [-0.2, -0.15) is 0 Å². The van der Waals surface area contributed by atoms with Crippen LogP contribution in [0.2, 0.25) is 0 Å². The molecular weight excluding hydrogens is 524 g/mol. The van der Waals surface area contributed by atoms with E-state index in [0.717, 1.165) is 5.75 Å². The number of ether oxygens (including phenoxy) is 3. The highest BCUT2D eigenvalue weighted by atomic mass is 79.9. The minimum absolute atomic E-state index is 0.0312. The number of amides is 2. The molecule has 0 atom stereocenters. The van der Waals surface area contributed by atoms with Gasteiger partial charge in [-0.1, -0.05) is 24.3 Å². The Balaban J connectivity index is 1.49. The van der Waals surface area contributed by atoms with E-state index in [4.69, 9.17) is 14.2 Å². The quantitative estimate of drug-likeness (QED) is 0.220. The first-order valence-electron chi connectivity index (χ1n) is 11.6. The highest BCUT2D eigenvalue weighted by Crippen LogP contribution is 2.38. The molecule has 1 heterocycles. The maximum Gasteiger partial charge on any atom is 0.282 e. The number of nitrogens with zero attached hydrogens (tertiary/aromatic N) is 1. The van der Waals surface area contributed by atoms with Gasteiger partial charge in [0.05, 0.1) is 16.8 Å². The Labute approximate surface area is 218 Å². The first-order valence-corrected chi connectivity index (χ1v) is 12.4. The number of hydrogen-bond acceptors (Lipinski definition) is 5. The molecule has 3 aromatic rings. The summed E-state index contributed by atoms with van der Waals surface area (Å²) in [6.07, 6.45) is 1.54. The predicted octanol–water partition coefficient (Wildman–Crippen LogP) is 5.38. The third kappa shape index (κ3) is 5.71. The second kappa shape index (κ2) is 11.3. The van der Waals surface area contributed by atoms with Gasteiger partial charge in [0, 0.05) is 0 Å². The molecule has 8 heteroatoms. The Hall–Kier alpha value is -3.78. The van der Waals surface area contributed by atoms with Gasteiger partial charge < -0.3 is 14.2 Å². The van der Waals surface area contributed by atoms with Crippen molar-refractivity contribution in [2.24, 2.45) is 0 Å². The Kier molecular flexibility index (Phi) is 7.95. The molecule has 0 spiro atoms. The SMILES string of the molecule is CCOc1cc(C=C2C(=O)NN(c3ccccc3)C2=O)cc(Br)c1OCCOc1ccc(C)c(C)c1. The van der Waals surface area contributed by atoms with E-state index in [0.29, 0.717) is 47.0 Å². The van der Waals surface area contributed by atoms with Crippen LogP contribution in [-0.2, 0) is 9.59 Å². The summed E-state index contributed by atoms with van der Waals surface area (Å²) < 4.78 is 18.2. The van der Waals surface area contributed by atoms with Crippen LogP contribution in [-0.4, -0.2) is 31.6 Å². The Morgan fingerprint density at radius 2 is 1.67 bits per heavy atom. The lowest BCUT2D eigenvalue weighted by Crippen LogP contribution is -2.35. The Bertz CT molecular complexity index is 1310. The molecule has 1 aliphatic rings. The average Bonchev–Trinajstić information content (AvgIpc) is 3.14. The molecule has 1 aliphatic heterocycles. The van der Waals surface area contributed by atoms with E-state index in [2.05, 4.69) is 28.3 Å². The molecule has 0 radical (unpaired) electrons. The van der Waals surface area contributed by atoms with Crippen LogP contribution in [0.4, 0.5) is 5.69 Å². The topological polar surface area (TPSA) is 77.1 Å². The zero-order valence-electron chi connectivity index (χ0n) is 20.3. The Morgan fingerprint density at radius 3 is 2.39 bits per heavy atom. The van der Waals surface area contributed by atoms with Crippen molar-refractivity contribution in [3.63, 3.8) is 0 Å². The van der Waals surface area contributed by atoms with Crippen molar-refractivity contribution in [1.29, 1.82) is 0 Å². The molecule has 3 aromatic carbocycles. The summed E-state index contributed by atoms with van der Waals surface area (Å²) in [4.78, 5) is 25.4. The average molecular weight is 551 g/mol. The smallest absolute Gasteiger partial charge is 0.282 e. The van der Waals surface area contributed by atoms with Crippen molar-refractivity contribution in [3.05, 3.63) is 87.4 Å². The summed E-state index contributed by atoms with van der Waals surface area (Å²) in [6.45, 7) is 7.06. The fourth-order valence-electron chi connectivity index (χ4n) is 3.66. The van der Waals surface area contributed by atoms with E-state index >= 15 is 0 Å². The van der Waals surface area contributed by atoms with Gasteiger partial charge >= 0.3 is 0 Å². The molecule has 0 unspecified atom stereocenters. The van der Waals surface area contributed by atoms with Gasteiger partial charge in [-0.05, 0) is 95.9 Å². The lowest BCUT2D eigenvalue weighted by Gasteiger charge is -2.15. The molecule has 0 aromatic heterocycles. The molecule has 0 bridgehead atoms. The zero-order chi connectivity index (χ0) is 25.7. The lowest BCUT2D eigenvalue weighted by atomic mass is 10.1. The van der Waals surface area contributed by atoms with Gasteiger partial charge in [0.1, 0.15) is 24.5 Å². The number of carbonyl (C=O) groups excluding carboxylic acids is 2. The molecular formula is C28H27BrN2O5. The monoisotopic (exact) mass is 550 g/mol. The molecule has 186 valence electrons. The molecule has 0 saturated carbocycles. The molecule has 1 fully saturated rings. The maximum atomic E-state index is 12.9. The maximum absolute atomic E-state index is 12.9. The van der Waals surface area contributed by atoms with E-state index in [9.17, 15) is 9.59 Å². The largest absolute Gasteiger partial charge is 0.490 e. The molecule has 0 aliphatic carbocycles. The summed E-state index contributed by atoms with van der Waals surface area (Å²) in [7, 11) is 0. The van der Waals surface area contributed by atoms with Crippen LogP contribution in [0.15, 0.2) is 70.7 Å². The molecule has 1 N–H and O–H groups in total. The highest BCUT2D eigenvalue weighted by Gasteiger charge is 2.34. The van der Waals surface area contributed by atoms with Gasteiger partial charge in [0.25, 0.3) is 11.8 Å². The van der Waals surface area contributed by atoms with Crippen molar-refractivity contribution in [3.8, 4) is 17.2 Å². The summed E-state index contributed by atoms with van der Waals surface area (Å²) in [5.74, 6) is 0.911. The number of aryl methyl sites for hydroxylation is 2. The third-order valence-electron chi connectivity index (χ3n) is 5.63. The Morgan fingerprint density at radius 1 is 0.917 bits per heavy atom. The van der Waals surface area contributed by atoms with E-state index in [-0.39, 0.29) is 5.57 Å². The molecule has 1 saturated heterocycles. The first-order chi connectivity index (χ1) is 17.4. The summed E-state index contributed by atoms with van der Waals surface area (Å²) >= 11 is 3.54. The predicted molar refractivity (Wildman–Crippen MR) is 142 cm³/mol. The third-order valence-corrected chi connectivity index (χ3v) is 6.21. The first kappa shape index (κ1) is 25.3. The number of nitrogens with one attached hydrogen (secondary N) is 1. The van der Waals surface area contributed by atoms with Crippen molar-refractivity contribution >= 4 is 39.5 Å². The molecule has 7 nitrogen and oxygen atoms in total. The van der Waals surface area contributed by atoms with Gasteiger partial charge in [-0.15, -0.1) is 0 Å². The number of hydrazine groups is 1.